The largest absolute Gasteiger partial charge is 0.496 e. The fourth-order valence-corrected chi connectivity index (χ4v) is 6.79. The standard InChI is InChI=1S/C33H31Cl2FN6O2/c1-33(37-2)24(13-14-42(18-43)31(33)35)22-7-4-5-9-26(22)40-32-39-17-19-16-38-30(28-25(36)8-6-10-27(28)44-3)23-15-20(34)11-12-21(23)29(19)41-32/h4-12,15,17-18,24,31,37H,13-14,16H2,1-3H3,(H,39,40,41). The first-order valence-corrected chi connectivity index (χ1v) is 15.0. The lowest BCUT2D eigenvalue weighted by molar-refractivity contribution is -0.121. The molecular formula is C33H31Cl2FN6O2. The van der Waals surface area contributed by atoms with Crippen LogP contribution in [0.1, 0.15) is 41.5 Å². The van der Waals surface area contributed by atoms with Crippen LogP contribution in [0.15, 0.2) is 71.9 Å². The molecule has 6 rings (SSSR count). The molecule has 1 saturated heterocycles. The third-order valence-electron chi connectivity index (χ3n) is 8.64. The van der Waals surface area contributed by atoms with Crippen molar-refractivity contribution < 1.29 is 13.9 Å². The first-order valence-electron chi connectivity index (χ1n) is 14.2. The summed E-state index contributed by atoms with van der Waals surface area (Å²) in [6.45, 7) is 2.81. The smallest absolute Gasteiger partial charge is 0.227 e. The van der Waals surface area contributed by atoms with Crippen LogP contribution in [-0.4, -0.2) is 58.7 Å². The van der Waals surface area contributed by atoms with E-state index >= 15 is 4.39 Å². The van der Waals surface area contributed by atoms with Gasteiger partial charge in [0.15, 0.2) is 0 Å². The van der Waals surface area contributed by atoms with Crippen LogP contribution >= 0.6 is 23.2 Å². The lowest BCUT2D eigenvalue weighted by atomic mass is 9.74. The fourth-order valence-electron chi connectivity index (χ4n) is 6.22. The normalized spacial score (nSPS) is 21.0. The number of fused-ring (bicyclic) bond motifs is 3. The average Bonchev–Trinajstić information content (AvgIpc) is 3.19. The highest BCUT2D eigenvalue weighted by Gasteiger charge is 2.47. The highest BCUT2D eigenvalue weighted by Crippen LogP contribution is 2.44. The van der Waals surface area contributed by atoms with Crippen LogP contribution in [0.3, 0.4) is 0 Å². The number of likely N-dealkylation sites (N-methyl/N-ethyl adjacent to an activating group) is 1. The quantitative estimate of drug-likeness (QED) is 0.137. The van der Waals surface area contributed by atoms with Crippen LogP contribution in [0.25, 0.3) is 11.3 Å². The number of alkyl halides is 1. The molecule has 4 aromatic rings. The van der Waals surface area contributed by atoms with Gasteiger partial charge in [-0.3, -0.25) is 9.79 Å². The molecule has 1 amide bonds. The number of anilines is 2. The molecule has 11 heteroatoms. The van der Waals surface area contributed by atoms with Crippen LogP contribution in [0, 0.1) is 5.82 Å². The van der Waals surface area contributed by atoms with Gasteiger partial charge in [-0.15, -0.1) is 0 Å². The molecule has 3 aromatic carbocycles. The molecule has 2 aliphatic heterocycles. The number of carbonyl (C=O) groups excluding carboxylic acids is 1. The Balaban J connectivity index is 1.40. The maximum Gasteiger partial charge on any atom is 0.227 e. The van der Waals surface area contributed by atoms with Crippen molar-refractivity contribution >= 4 is 47.0 Å². The molecule has 3 atom stereocenters. The lowest BCUT2D eigenvalue weighted by Crippen LogP contribution is -2.62. The van der Waals surface area contributed by atoms with Gasteiger partial charge in [0.05, 0.1) is 36.2 Å². The molecule has 0 aliphatic carbocycles. The molecule has 1 aromatic heterocycles. The Labute approximate surface area is 265 Å². The Bertz CT molecular complexity index is 1770. The molecule has 0 saturated carbocycles. The number of nitrogens with one attached hydrogen (secondary N) is 2. The van der Waals surface area contributed by atoms with E-state index in [2.05, 4.69) is 21.7 Å². The first kappa shape index (κ1) is 30.0. The SMILES string of the molecule is CNC1(C)C(c2ccccc2Nc2ncc3c(n2)-c2ccc(Cl)cc2C(c2c(F)cccc2OC)=NC3)CCN(C=O)C1Cl. The number of aliphatic imine (C=N–C) groups is 1. The van der Waals surface area contributed by atoms with Crippen molar-refractivity contribution in [2.24, 2.45) is 4.99 Å². The van der Waals surface area contributed by atoms with Crippen LogP contribution in [0.4, 0.5) is 16.0 Å². The van der Waals surface area contributed by atoms with E-state index in [-0.39, 0.29) is 18.0 Å². The Morgan fingerprint density at radius 1 is 1.14 bits per heavy atom. The molecule has 0 radical (unpaired) electrons. The molecule has 1 fully saturated rings. The van der Waals surface area contributed by atoms with Gasteiger partial charge in [0.1, 0.15) is 17.1 Å². The molecule has 3 heterocycles. The van der Waals surface area contributed by atoms with Crippen molar-refractivity contribution in [1.82, 2.24) is 20.2 Å². The second-order valence-corrected chi connectivity index (χ2v) is 11.9. The van der Waals surface area contributed by atoms with Gasteiger partial charge in [0.2, 0.25) is 12.4 Å². The summed E-state index contributed by atoms with van der Waals surface area (Å²) in [4.78, 5) is 27.7. The molecule has 8 nitrogen and oxygen atoms in total. The van der Waals surface area contributed by atoms with Crippen molar-refractivity contribution in [3.05, 3.63) is 100.0 Å². The third-order valence-corrected chi connectivity index (χ3v) is 9.58. The van der Waals surface area contributed by atoms with Gasteiger partial charge in [-0.05, 0) is 56.3 Å². The summed E-state index contributed by atoms with van der Waals surface area (Å²) in [5.41, 5.74) is 4.27. The van der Waals surface area contributed by atoms with Crippen LogP contribution < -0.4 is 15.4 Å². The molecular weight excluding hydrogens is 602 g/mol. The average molecular weight is 634 g/mol. The number of methoxy groups -OCH3 is 1. The summed E-state index contributed by atoms with van der Waals surface area (Å²) in [5.74, 6) is 0.308. The summed E-state index contributed by atoms with van der Waals surface area (Å²) < 4.78 is 20.8. The molecule has 0 bridgehead atoms. The maximum absolute atomic E-state index is 15.3. The summed E-state index contributed by atoms with van der Waals surface area (Å²) in [6, 6.07) is 18.1. The molecule has 226 valence electrons. The number of para-hydroxylation sites is 1. The number of nitrogens with zero attached hydrogens (tertiary/aromatic N) is 4. The number of ether oxygens (including phenoxy) is 1. The predicted molar refractivity (Wildman–Crippen MR) is 172 cm³/mol. The number of rotatable bonds is 7. The lowest BCUT2D eigenvalue weighted by Gasteiger charge is -2.49. The van der Waals surface area contributed by atoms with E-state index in [1.165, 1.54) is 13.2 Å². The molecule has 44 heavy (non-hydrogen) atoms. The van der Waals surface area contributed by atoms with Gasteiger partial charge in [-0.25, -0.2) is 14.4 Å². The van der Waals surface area contributed by atoms with Gasteiger partial charge in [-0.2, -0.15) is 0 Å². The zero-order chi connectivity index (χ0) is 31.0. The molecule has 2 N–H and O–H groups in total. The van der Waals surface area contributed by atoms with Gasteiger partial charge in [0.25, 0.3) is 0 Å². The Kier molecular flexibility index (Phi) is 8.28. The minimum atomic E-state index is -0.590. The summed E-state index contributed by atoms with van der Waals surface area (Å²) in [6.07, 6.45) is 3.27. The molecule has 2 aliphatic rings. The van der Waals surface area contributed by atoms with Crippen LogP contribution in [0.5, 0.6) is 5.75 Å². The van der Waals surface area contributed by atoms with Crippen molar-refractivity contribution in [3.63, 3.8) is 0 Å². The molecule has 0 spiro atoms. The van der Waals surface area contributed by atoms with E-state index in [1.54, 1.807) is 35.4 Å². The Morgan fingerprint density at radius 3 is 2.73 bits per heavy atom. The zero-order valence-corrected chi connectivity index (χ0v) is 26.0. The second-order valence-electron chi connectivity index (χ2n) is 11.0. The number of carbonyl (C=O) groups is 1. The number of hydrogen-bond donors (Lipinski definition) is 2. The van der Waals surface area contributed by atoms with E-state index in [0.717, 1.165) is 35.2 Å². The van der Waals surface area contributed by atoms with E-state index in [1.807, 2.05) is 38.2 Å². The van der Waals surface area contributed by atoms with E-state index in [9.17, 15) is 4.79 Å². The van der Waals surface area contributed by atoms with Crippen molar-refractivity contribution in [2.45, 2.75) is 36.8 Å². The highest BCUT2D eigenvalue weighted by molar-refractivity contribution is 6.31. The van der Waals surface area contributed by atoms with Gasteiger partial charge < -0.3 is 20.3 Å². The second kappa shape index (κ2) is 12.1. The minimum absolute atomic E-state index is 0.00898. The summed E-state index contributed by atoms with van der Waals surface area (Å²) >= 11 is 13.3. The topological polar surface area (TPSA) is 91.7 Å². The molecule has 3 unspecified atom stereocenters. The number of halogens is 3. The van der Waals surface area contributed by atoms with E-state index < -0.39 is 16.9 Å². The van der Waals surface area contributed by atoms with Gasteiger partial charge in [0, 0.05) is 46.1 Å². The van der Waals surface area contributed by atoms with Crippen molar-refractivity contribution in [2.75, 3.05) is 26.0 Å². The summed E-state index contributed by atoms with van der Waals surface area (Å²) in [7, 11) is 3.36. The van der Waals surface area contributed by atoms with Crippen LogP contribution in [0.2, 0.25) is 5.02 Å². The number of likely N-dealkylation sites (tertiary alicyclic amines) is 1. The highest BCUT2D eigenvalue weighted by atomic mass is 35.5. The predicted octanol–water partition coefficient (Wildman–Crippen LogP) is 6.53. The monoisotopic (exact) mass is 632 g/mol. The first-order chi connectivity index (χ1) is 21.3. The maximum atomic E-state index is 15.3. The van der Waals surface area contributed by atoms with Gasteiger partial charge >= 0.3 is 0 Å². The fraction of sp³-hybridized carbons (Fsp3) is 0.273. The summed E-state index contributed by atoms with van der Waals surface area (Å²) in [5, 5.41) is 7.30. The van der Waals surface area contributed by atoms with Gasteiger partial charge in [-0.1, -0.05) is 53.5 Å². The Morgan fingerprint density at radius 2 is 1.95 bits per heavy atom. The number of aromatic nitrogens is 2. The minimum Gasteiger partial charge on any atom is -0.496 e. The van der Waals surface area contributed by atoms with E-state index in [0.29, 0.717) is 40.2 Å². The van der Waals surface area contributed by atoms with Crippen molar-refractivity contribution in [3.8, 4) is 17.0 Å². The number of hydrogen-bond acceptors (Lipinski definition) is 7. The number of amides is 1. The zero-order valence-electron chi connectivity index (χ0n) is 24.4. The van der Waals surface area contributed by atoms with Crippen LogP contribution in [-0.2, 0) is 11.3 Å². The number of benzene rings is 3. The van der Waals surface area contributed by atoms with E-state index in [4.69, 9.17) is 37.9 Å². The Hall–Kier alpha value is -4.05. The third kappa shape index (κ3) is 5.19. The van der Waals surface area contributed by atoms with Crippen molar-refractivity contribution in [1.29, 1.82) is 0 Å². The number of piperidine rings is 1.